The molecule has 0 aromatic heterocycles. The van der Waals surface area contributed by atoms with Crippen LogP contribution in [0.4, 0.5) is 0 Å². The molecule has 2 nitrogen and oxygen atoms in total. The lowest BCUT2D eigenvalue weighted by Gasteiger charge is -2.31. The third kappa shape index (κ3) is 2.85. The van der Waals surface area contributed by atoms with Crippen molar-refractivity contribution in [3.63, 3.8) is 0 Å². The fraction of sp³-hybridized carbons (Fsp3) is 0.929. The van der Waals surface area contributed by atoms with Crippen molar-refractivity contribution >= 4 is 5.78 Å². The van der Waals surface area contributed by atoms with Crippen LogP contribution in [0, 0.1) is 17.8 Å². The van der Waals surface area contributed by atoms with Gasteiger partial charge in [0.2, 0.25) is 0 Å². The third-order valence-electron chi connectivity index (χ3n) is 4.52. The topological polar surface area (TPSA) is 37.3 Å². The van der Waals surface area contributed by atoms with Crippen LogP contribution in [-0.4, -0.2) is 17.0 Å². The van der Waals surface area contributed by atoms with Crippen molar-refractivity contribution in [2.75, 3.05) is 0 Å². The van der Waals surface area contributed by atoms with Gasteiger partial charge < -0.3 is 5.11 Å². The predicted molar refractivity (Wildman–Crippen MR) is 64.1 cm³/mol. The Bertz CT molecular complexity index is 209. The molecule has 2 aliphatic rings. The molecule has 92 valence electrons. The van der Waals surface area contributed by atoms with Crippen molar-refractivity contribution in [2.45, 2.75) is 64.4 Å². The van der Waals surface area contributed by atoms with Gasteiger partial charge in [0.25, 0.3) is 0 Å². The molecule has 0 amide bonds. The molecule has 0 radical (unpaired) electrons. The van der Waals surface area contributed by atoms with Crippen LogP contribution in [-0.2, 0) is 4.79 Å². The lowest BCUT2D eigenvalue weighted by molar-refractivity contribution is -0.129. The first-order valence-corrected chi connectivity index (χ1v) is 6.88. The first-order valence-electron chi connectivity index (χ1n) is 6.88. The van der Waals surface area contributed by atoms with Crippen molar-refractivity contribution in [2.24, 2.45) is 17.8 Å². The second kappa shape index (κ2) is 5.31. The van der Waals surface area contributed by atoms with Crippen LogP contribution in [0.2, 0.25) is 0 Å². The van der Waals surface area contributed by atoms with E-state index in [1.165, 1.54) is 12.8 Å². The van der Waals surface area contributed by atoms with Crippen LogP contribution in [0.15, 0.2) is 0 Å². The average Bonchev–Trinajstić information content (AvgIpc) is 2.30. The highest BCUT2D eigenvalue weighted by Gasteiger charge is 2.31. The summed E-state index contributed by atoms with van der Waals surface area (Å²) in [5, 5.41) is 9.44. The van der Waals surface area contributed by atoms with Crippen LogP contribution in [0.3, 0.4) is 0 Å². The van der Waals surface area contributed by atoms with Crippen LogP contribution in [0.1, 0.15) is 58.3 Å². The Morgan fingerprint density at radius 3 is 1.81 bits per heavy atom. The zero-order valence-electron chi connectivity index (χ0n) is 10.3. The molecule has 0 saturated heterocycles. The van der Waals surface area contributed by atoms with E-state index in [0.29, 0.717) is 11.7 Å². The highest BCUT2D eigenvalue weighted by molar-refractivity contribution is 5.83. The van der Waals surface area contributed by atoms with E-state index in [1.807, 2.05) is 0 Å². The van der Waals surface area contributed by atoms with Gasteiger partial charge in [0.15, 0.2) is 0 Å². The first-order chi connectivity index (χ1) is 7.66. The normalized spacial score (nSPS) is 40.6. The monoisotopic (exact) mass is 224 g/mol. The van der Waals surface area contributed by atoms with Crippen molar-refractivity contribution in [3.8, 4) is 0 Å². The highest BCUT2D eigenvalue weighted by atomic mass is 16.3. The Balaban J connectivity index is 1.83. The van der Waals surface area contributed by atoms with Gasteiger partial charge in [0.05, 0.1) is 6.10 Å². The Morgan fingerprint density at radius 1 is 0.875 bits per heavy atom. The van der Waals surface area contributed by atoms with Crippen LogP contribution in [0.25, 0.3) is 0 Å². The van der Waals surface area contributed by atoms with Gasteiger partial charge in [-0.25, -0.2) is 0 Å². The van der Waals surface area contributed by atoms with Crippen molar-refractivity contribution in [1.82, 2.24) is 0 Å². The van der Waals surface area contributed by atoms with Gasteiger partial charge in [0.1, 0.15) is 5.78 Å². The number of rotatable bonds is 2. The maximum absolute atomic E-state index is 12.3. The van der Waals surface area contributed by atoms with E-state index in [2.05, 4.69) is 6.92 Å². The molecule has 0 aromatic carbocycles. The van der Waals surface area contributed by atoms with Crippen molar-refractivity contribution in [3.05, 3.63) is 0 Å². The van der Waals surface area contributed by atoms with Crippen molar-refractivity contribution < 1.29 is 9.90 Å². The number of carbonyl (C=O) groups is 1. The van der Waals surface area contributed by atoms with Crippen LogP contribution in [0.5, 0.6) is 0 Å². The van der Waals surface area contributed by atoms with Crippen LogP contribution < -0.4 is 0 Å². The minimum absolute atomic E-state index is 0.143. The molecule has 0 bridgehead atoms. The molecule has 0 unspecified atom stereocenters. The number of Topliss-reactive ketones (excluding diaryl/α,β-unsaturated/α-hetero) is 1. The summed E-state index contributed by atoms with van der Waals surface area (Å²) >= 11 is 0. The minimum Gasteiger partial charge on any atom is -0.393 e. The first kappa shape index (κ1) is 12.1. The minimum atomic E-state index is -0.143. The van der Waals surface area contributed by atoms with E-state index in [-0.39, 0.29) is 12.0 Å². The van der Waals surface area contributed by atoms with E-state index in [4.69, 9.17) is 0 Å². The number of aliphatic hydroxyl groups excluding tert-OH is 1. The van der Waals surface area contributed by atoms with Crippen LogP contribution >= 0.6 is 0 Å². The molecule has 16 heavy (non-hydrogen) atoms. The quantitative estimate of drug-likeness (QED) is 0.783. The zero-order chi connectivity index (χ0) is 11.5. The predicted octanol–water partition coefficient (Wildman–Crippen LogP) is 2.93. The van der Waals surface area contributed by atoms with E-state index in [1.54, 1.807) is 0 Å². The number of hydrogen-bond acceptors (Lipinski definition) is 2. The Labute approximate surface area is 98.4 Å². The molecule has 2 fully saturated rings. The zero-order valence-corrected chi connectivity index (χ0v) is 10.3. The van der Waals surface area contributed by atoms with E-state index >= 15 is 0 Å². The SMILES string of the molecule is CC1CCC(C(=O)C2CCC(O)CC2)CC1. The van der Waals surface area contributed by atoms with Gasteiger partial charge in [-0.2, -0.15) is 0 Å². The second-order valence-electron chi connectivity index (χ2n) is 5.86. The standard InChI is InChI=1S/C14H24O2/c1-10-2-4-11(5-3-10)14(16)12-6-8-13(15)9-7-12/h10-13,15H,2-9H2,1H3. The van der Waals surface area contributed by atoms with Gasteiger partial charge >= 0.3 is 0 Å². The molecule has 0 heterocycles. The van der Waals surface area contributed by atoms with E-state index in [0.717, 1.165) is 44.4 Å². The van der Waals surface area contributed by atoms with E-state index < -0.39 is 0 Å². The average molecular weight is 224 g/mol. The summed E-state index contributed by atoms with van der Waals surface area (Å²) in [4.78, 5) is 12.3. The molecule has 0 spiro atoms. The van der Waals surface area contributed by atoms with Crippen molar-refractivity contribution in [1.29, 1.82) is 0 Å². The van der Waals surface area contributed by atoms with Gasteiger partial charge in [0, 0.05) is 11.8 Å². The summed E-state index contributed by atoms with van der Waals surface area (Å²) in [6, 6.07) is 0. The number of hydrogen-bond donors (Lipinski definition) is 1. The maximum Gasteiger partial charge on any atom is 0.139 e. The summed E-state index contributed by atoms with van der Waals surface area (Å²) in [7, 11) is 0. The van der Waals surface area contributed by atoms with Gasteiger partial charge in [-0.3, -0.25) is 4.79 Å². The molecular weight excluding hydrogens is 200 g/mol. The largest absolute Gasteiger partial charge is 0.393 e. The second-order valence-corrected chi connectivity index (χ2v) is 5.86. The molecule has 2 saturated carbocycles. The number of carbonyl (C=O) groups excluding carboxylic acids is 1. The molecule has 0 aliphatic heterocycles. The Kier molecular flexibility index (Phi) is 4.01. The smallest absolute Gasteiger partial charge is 0.139 e. The molecule has 0 atom stereocenters. The molecule has 2 heteroatoms. The lowest BCUT2D eigenvalue weighted by atomic mass is 9.74. The summed E-state index contributed by atoms with van der Waals surface area (Å²) in [5.74, 6) is 1.94. The number of ketones is 1. The fourth-order valence-electron chi connectivity index (χ4n) is 3.24. The van der Waals surface area contributed by atoms with Gasteiger partial charge in [-0.05, 0) is 44.4 Å². The molecule has 1 N–H and O–H groups in total. The maximum atomic E-state index is 12.3. The molecule has 0 aromatic rings. The van der Waals surface area contributed by atoms with Gasteiger partial charge in [-0.1, -0.05) is 19.8 Å². The van der Waals surface area contributed by atoms with E-state index in [9.17, 15) is 9.90 Å². The Morgan fingerprint density at radius 2 is 1.31 bits per heavy atom. The molecular formula is C14H24O2. The third-order valence-corrected chi connectivity index (χ3v) is 4.52. The Hall–Kier alpha value is -0.370. The summed E-state index contributed by atoms with van der Waals surface area (Å²) in [6.07, 6.45) is 8.04. The summed E-state index contributed by atoms with van der Waals surface area (Å²) < 4.78 is 0. The summed E-state index contributed by atoms with van der Waals surface area (Å²) in [6.45, 7) is 2.29. The molecule has 2 aliphatic carbocycles. The summed E-state index contributed by atoms with van der Waals surface area (Å²) in [5.41, 5.74) is 0. The lowest BCUT2D eigenvalue weighted by Crippen LogP contribution is -2.31. The van der Waals surface area contributed by atoms with Gasteiger partial charge in [-0.15, -0.1) is 0 Å². The number of aliphatic hydroxyl groups is 1. The highest BCUT2D eigenvalue weighted by Crippen LogP contribution is 2.34. The molecule has 2 rings (SSSR count). The fourth-order valence-corrected chi connectivity index (χ4v) is 3.24.